The summed E-state index contributed by atoms with van der Waals surface area (Å²) in [6.45, 7) is 0. The van der Waals surface area contributed by atoms with Crippen molar-refractivity contribution >= 4 is 125 Å². The third kappa shape index (κ3) is 207. The van der Waals surface area contributed by atoms with Crippen molar-refractivity contribution in [1.29, 1.82) is 0 Å². The summed E-state index contributed by atoms with van der Waals surface area (Å²) < 4.78 is 0. The molecule has 0 N–H and O–H groups in total. The van der Waals surface area contributed by atoms with Crippen molar-refractivity contribution < 1.29 is 141 Å². The average molecular weight is 851 g/mol. The van der Waals surface area contributed by atoms with Crippen molar-refractivity contribution in [2.75, 3.05) is 0 Å². The van der Waals surface area contributed by atoms with Crippen LogP contribution in [0.1, 0.15) is 0 Å². The van der Waals surface area contributed by atoms with Gasteiger partial charge in [-0.3, -0.25) is 0 Å². The Kier molecular flexibility index (Phi) is 3490. The molecule has 0 saturated heterocycles. The quantitative estimate of drug-likeness (QED) is 0.0808. The van der Waals surface area contributed by atoms with Gasteiger partial charge in [-0.05, 0) is 0 Å². The molecule has 0 nitrogen and oxygen atoms in total. The summed E-state index contributed by atoms with van der Waals surface area (Å²) >= 11 is 0. The first-order valence-corrected chi connectivity index (χ1v) is 0. The Morgan fingerprint density at radius 1 is 0.389 bits per heavy atom. The van der Waals surface area contributed by atoms with Crippen LogP contribution in [-0.4, -0.2) is 17.1 Å². The van der Waals surface area contributed by atoms with Crippen molar-refractivity contribution in [3.8, 4) is 0 Å². The van der Waals surface area contributed by atoms with Crippen molar-refractivity contribution in [3.05, 3.63) is 7.43 Å². The predicted molar refractivity (Wildman–Crippen MR) is 90.6 cm³/mol. The normalized spacial score (nSPS) is 0. The fourth-order valence-corrected chi connectivity index (χ4v) is 0. The van der Waals surface area contributed by atoms with Gasteiger partial charge in [0.1, 0.15) is 0 Å². The molecule has 0 unspecified atom stereocenters. The minimum absolute atomic E-state index is 0. The van der Waals surface area contributed by atoms with Crippen molar-refractivity contribution in [1.82, 2.24) is 0 Å². The summed E-state index contributed by atoms with van der Waals surface area (Å²) in [4.78, 5) is 0. The van der Waals surface area contributed by atoms with Crippen LogP contribution in [0.25, 0.3) is 0 Å². The van der Waals surface area contributed by atoms with Crippen LogP contribution in [0.4, 0.5) is 0 Å². The van der Waals surface area contributed by atoms with Crippen LogP contribution < -0.4 is 0 Å². The van der Waals surface area contributed by atoms with E-state index in [4.69, 9.17) is 0 Å². The molecule has 0 amide bonds. The van der Waals surface area contributed by atoms with E-state index in [0.717, 1.165) is 0 Å². The van der Waals surface area contributed by atoms with Crippen molar-refractivity contribution in [2.24, 2.45) is 0 Å². The zero-order chi connectivity index (χ0) is 0. The molecule has 0 bridgehead atoms. The Hall–Kier alpha value is 7.64. The van der Waals surface area contributed by atoms with Gasteiger partial charge in [0.05, 0.1) is 0 Å². The van der Waals surface area contributed by atoms with E-state index in [1.165, 1.54) is 0 Å². The molecule has 0 spiro atoms. The first-order valence-electron chi connectivity index (χ1n) is 0. The molecular formula is CH17Fe7MoS8Se-. The van der Waals surface area contributed by atoms with Gasteiger partial charge >= 0.3 is 17.1 Å². The number of hydrogen-bond donors (Lipinski definition) is 0. The van der Waals surface area contributed by atoms with Crippen LogP contribution in [0.15, 0.2) is 0 Å². The Labute approximate surface area is 267 Å². The van der Waals surface area contributed by atoms with E-state index in [-0.39, 0.29) is 273 Å². The fraction of sp³-hybridized carbons (Fsp3) is 0. The summed E-state index contributed by atoms with van der Waals surface area (Å²) in [7, 11) is 0. The second-order valence-electron chi connectivity index (χ2n) is 0. The number of hydrogen-bond acceptors (Lipinski definition) is 5. The van der Waals surface area contributed by atoms with Gasteiger partial charge in [-0.25, -0.2) is 0 Å². The predicted octanol–water partition coefficient (Wildman–Crippen LogP) is -3.72. The first kappa shape index (κ1) is 267. The summed E-state index contributed by atoms with van der Waals surface area (Å²) in [6, 6.07) is 0. The molecule has 18 heavy (non-hydrogen) atoms. The molecule has 138 valence electrons. The van der Waals surface area contributed by atoms with E-state index in [0.29, 0.717) is 0 Å². The van der Waals surface area contributed by atoms with Crippen LogP contribution in [-0.2, 0) is 249 Å². The van der Waals surface area contributed by atoms with E-state index in [2.05, 4.69) is 0 Å². The molecule has 0 fully saturated rings. The third-order valence-electron chi connectivity index (χ3n) is 0. The maximum absolute atomic E-state index is 0. The summed E-state index contributed by atoms with van der Waals surface area (Å²) in [6.07, 6.45) is 0. The Bertz CT molecular complexity index is 31.4. The van der Waals surface area contributed by atoms with Crippen molar-refractivity contribution in [2.45, 2.75) is 0 Å². The summed E-state index contributed by atoms with van der Waals surface area (Å²) in [5.74, 6) is 0. The van der Waals surface area contributed by atoms with Gasteiger partial charge in [0, 0.05) is 141 Å². The number of rotatable bonds is 0. The van der Waals surface area contributed by atoms with Gasteiger partial charge < -0.3 is 74.9 Å². The largest absolute Gasteiger partial charge is 2.00 e. The Morgan fingerprint density at radius 3 is 0.389 bits per heavy atom. The van der Waals surface area contributed by atoms with E-state index >= 15 is 0 Å². The minimum Gasteiger partial charge on any atom is -0.813 e. The van der Waals surface area contributed by atoms with Gasteiger partial charge in [0.2, 0.25) is 0 Å². The molecule has 0 heterocycles. The molecule has 0 aromatic heterocycles. The first-order chi connectivity index (χ1) is 0. The van der Waals surface area contributed by atoms with Crippen LogP contribution in [0.3, 0.4) is 0 Å². The van der Waals surface area contributed by atoms with Crippen LogP contribution in [0.5, 0.6) is 0 Å². The molecule has 17 heteroatoms. The van der Waals surface area contributed by atoms with Gasteiger partial charge in [-0.15, -0.1) is 0 Å². The second kappa shape index (κ2) is 236. The Morgan fingerprint density at radius 2 is 0.389 bits per heavy atom. The van der Waals surface area contributed by atoms with Gasteiger partial charge in [-0.2, -0.15) is 0 Å². The number of thiol groups is 5. The van der Waals surface area contributed by atoms with E-state index in [1.54, 1.807) is 0 Å². The zero-order valence-corrected chi connectivity index (χ0v) is 27.6. The Balaban J connectivity index is 0. The van der Waals surface area contributed by atoms with E-state index < -0.39 is 0 Å². The molecule has 0 aromatic carbocycles. The topological polar surface area (TPSA) is 0 Å². The molecule has 0 aromatic rings. The SMILES string of the molecule is [CH3-].[Fe+2].[Fe].[Fe].[Fe].[Fe].[Fe].[Fe].[Mo].[SH-].[SH-].[SH-].[SH-].[SH-].[SH3+].[SH3+].[SH3+].[Se]. The molecule has 0 atom stereocenters. The van der Waals surface area contributed by atoms with Crippen LogP contribution in [0.2, 0.25) is 0 Å². The molecule has 0 aliphatic carbocycles. The van der Waals surface area contributed by atoms with E-state index in [1.807, 2.05) is 0 Å². The maximum Gasteiger partial charge on any atom is 2.00 e. The maximum atomic E-state index is 0. The molecule has 0 saturated carbocycles. The second-order valence-corrected chi connectivity index (χ2v) is 0. The molecule has 0 aliphatic rings. The molecule has 0 aliphatic heterocycles. The van der Waals surface area contributed by atoms with Crippen molar-refractivity contribution in [3.63, 3.8) is 0 Å². The van der Waals surface area contributed by atoms with E-state index in [9.17, 15) is 0 Å². The monoisotopic (exact) mass is 854 g/mol. The fourth-order valence-electron chi connectivity index (χ4n) is 0. The zero-order valence-electron chi connectivity index (χ0n) is 8.26. The van der Waals surface area contributed by atoms with Crippen LogP contribution in [0, 0.1) is 7.43 Å². The summed E-state index contributed by atoms with van der Waals surface area (Å²) in [5.41, 5.74) is 0. The van der Waals surface area contributed by atoms with Crippen LogP contribution >= 0.6 is 0 Å². The van der Waals surface area contributed by atoms with Gasteiger partial charge in [0.25, 0.3) is 0 Å². The molecule has 2 radical (unpaired) electrons. The van der Waals surface area contributed by atoms with Gasteiger partial charge in [-0.1, -0.05) is 40.5 Å². The molecule has 0 rings (SSSR count). The summed E-state index contributed by atoms with van der Waals surface area (Å²) in [5, 5.41) is 0. The average Bonchev–Trinajstić information content (AvgIpc) is 0. The minimum atomic E-state index is 0. The molecular weight excluding hydrogens is 834 g/mol. The van der Waals surface area contributed by atoms with Gasteiger partial charge in [0.15, 0.2) is 0 Å². The standard InChI is InChI=1S/CH3.7Fe.Mo.8H2S.Se/h1H3;;;;;;;;;8*1H2;/q-1;;;;;;;+2;;;;;;;;;;/p-2. The third-order valence-corrected chi connectivity index (χ3v) is 0. The smallest absolute Gasteiger partial charge is 0.813 e.